The summed E-state index contributed by atoms with van der Waals surface area (Å²) in [6.45, 7) is -0.412. The second-order valence-electron chi connectivity index (χ2n) is 8.06. The average molecular weight is 443 g/mol. The Bertz CT molecular complexity index is 1120. The van der Waals surface area contributed by atoms with Gasteiger partial charge in [0.1, 0.15) is 11.8 Å². The van der Waals surface area contributed by atoms with Gasteiger partial charge in [-0.05, 0) is 36.5 Å². The van der Waals surface area contributed by atoms with Gasteiger partial charge in [0.2, 0.25) is 5.91 Å². The number of fused-ring (bicyclic) bond motifs is 1. The molecule has 0 aliphatic heterocycles. The minimum Gasteiger partial charge on any atom is -0.482 e. The predicted molar refractivity (Wildman–Crippen MR) is 127 cm³/mol. The molecule has 168 valence electrons. The van der Waals surface area contributed by atoms with Gasteiger partial charge >= 0.3 is 5.97 Å². The van der Waals surface area contributed by atoms with E-state index in [4.69, 9.17) is 20.6 Å². The van der Waals surface area contributed by atoms with E-state index in [0.717, 1.165) is 41.5 Å². The van der Waals surface area contributed by atoms with E-state index in [1.54, 1.807) is 6.07 Å². The summed E-state index contributed by atoms with van der Waals surface area (Å²) in [5.74, 6) is -1.20. The Morgan fingerprint density at radius 1 is 0.970 bits per heavy atom. The highest BCUT2D eigenvalue weighted by atomic mass is 16.5. The van der Waals surface area contributed by atoms with Crippen molar-refractivity contribution in [1.29, 1.82) is 0 Å². The number of hydrogen-bond donors (Lipinski definition) is 2. The maximum absolute atomic E-state index is 12.7. The Labute approximate surface area is 192 Å². The molecule has 4 rings (SSSR count). The molecule has 6 heteroatoms. The van der Waals surface area contributed by atoms with Crippen molar-refractivity contribution in [2.24, 2.45) is 10.7 Å². The Balaban J connectivity index is 1.78. The van der Waals surface area contributed by atoms with Gasteiger partial charge in [0, 0.05) is 17.0 Å². The monoisotopic (exact) mass is 442 g/mol. The second kappa shape index (κ2) is 10.1. The van der Waals surface area contributed by atoms with Gasteiger partial charge in [0.15, 0.2) is 6.61 Å². The summed E-state index contributed by atoms with van der Waals surface area (Å²) in [4.78, 5) is 28.7. The van der Waals surface area contributed by atoms with E-state index in [-0.39, 0.29) is 5.92 Å². The number of aliphatic imine (C=N–C) groups is 1. The number of amides is 1. The summed E-state index contributed by atoms with van der Waals surface area (Å²) in [6, 6.07) is 24.3. The van der Waals surface area contributed by atoms with Crippen LogP contribution in [0.5, 0.6) is 5.75 Å². The number of nitrogens with two attached hydrogens (primary N) is 1. The van der Waals surface area contributed by atoms with Crippen LogP contribution in [-0.2, 0) is 16.0 Å². The molecule has 3 aromatic carbocycles. The van der Waals surface area contributed by atoms with Crippen molar-refractivity contribution in [3.8, 4) is 5.75 Å². The number of ether oxygens (including phenoxy) is 1. The number of carbonyl (C=O) groups excluding carboxylic acids is 1. The van der Waals surface area contributed by atoms with Crippen LogP contribution in [0, 0.1) is 0 Å². The highest BCUT2D eigenvalue weighted by Crippen LogP contribution is 2.39. The standard InChI is InChI=1S/C27H26N2O4/c28-27(32)26(29-25(18-9-3-1-4-10-18)19-11-5-2-6-12-19)22-15-7-14-21-20(22)13-8-16-23(21)33-17-24(30)31/h1-6,8-13,16,22,26H,7,14-15,17H2,(H2,28,32)(H,30,31). The normalized spacial score (nSPS) is 15.7. The van der Waals surface area contributed by atoms with Crippen LogP contribution in [0.1, 0.15) is 41.0 Å². The fourth-order valence-corrected chi connectivity index (χ4v) is 4.45. The van der Waals surface area contributed by atoms with Crippen molar-refractivity contribution >= 4 is 17.6 Å². The van der Waals surface area contributed by atoms with Gasteiger partial charge in [-0.1, -0.05) is 72.8 Å². The Hall–Kier alpha value is -3.93. The fourth-order valence-electron chi connectivity index (χ4n) is 4.45. The summed E-state index contributed by atoms with van der Waals surface area (Å²) in [7, 11) is 0. The molecule has 0 bridgehead atoms. The average Bonchev–Trinajstić information content (AvgIpc) is 2.84. The summed E-state index contributed by atoms with van der Waals surface area (Å²) < 4.78 is 5.52. The topological polar surface area (TPSA) is 102 Å². The Morgan fingerprint density at radius 3 is 2.18 bits per heavy atom. The lowest BCUT2D eigenvalue weighted by Crippen LogP contribution is -2.35. The summed E-state index contributed by atoms with van der Waals surface area (Å²) in [5.41, 5.74) is 10.3. The summed E-state index contributed by atoms with van der Waals surface area (Å²) in [5, 5.41) is 9.00. The van der Waals surface area contributed by atoms with Crippen LogP contribution in [0.4, 0.5) is 0 Å². The minimum absolute atomic E-state index is 0.220. The molecule has 0 aromatic heterocycles. The third-order valence-electron chi connectivity index (χ3n) is 5.90. The number of benzene rings is 3. The smallest absolute Gasteiger partial charge is 0.341 e. The van der Waals surface area contributed by atoms with Crippen molar-refractivity contribution < 1.29 is 19.4 Å². The zero-order valence-electron chi connectivity index (χ0n) is 18.2. The third kappa shape index (κ3) is 5.12. The largest absolute Gasteiger partial charge is 0.482 e. The lowest BCUT2D eigenvalue weighted by atomic mass is 9.78. The fraction of sp³-hybridized carbons (Fsp3) is 0.222. The number of nitrogens with zero attached hydrogens (tertiary/aromatic N) is 1. The number of carboxylic acids is 1. The molecule has 2 unspecified atom stereocenters. The van der Waals surface area contributed by atoms with E-state index in [1.165, 1.54) is 0 Å². The molecule has 0 saturated heterocycles. The molecule has 0 radical (unpaired) electrons. The SMILES string of the molecule is NC(=O)C(N=C(c1ccccc1)c1ccccc1)C1CCCc2c(OCC(=O)O)cccc21. The molecule has 0 saturated carbocycles. The number of carbonyl (C=O) groups is 2. The molecule has 1 aliphatic rings. The second-order valence-corrected chi connectivity index (χ2v) is 8.06. The zero-order chi connectivity index (χ0) is 23.2. The number of aliphatic carboxylic acids is 1. The van der Waals surface area contributed by atoms with Gasteiger partial charge in [0.25, 0.3) is 0 Å². The van der Waals surface area contributed by atoms with Gasteiger partial charge in [-0.25, -0.2) is 4.79 Å². The van der Waals surface area contributed by atoms with E-state index in [9.17, 15) is 9.59 Å². The number of primary amides is 1. The maximum atomic E-state index is 12.7. The number of rotatable bonds is 8. The first-order valence-electron chi connectivity index (χ1n) is 11.0. The van der Waals surface area contributed by atoms with Crippen LogP contribution in [0.15, 0.2) is 83.9 Å². The third-order valence-corrected chi connectivity index (χ3v) is 5.90. The van der Waals surface area contributed by atoms with Crippen molar-refractivity contribution in [3.05, 3.63) is 101 Å². The van der Waals surface area contributed by atoms with Crippen LogP contribution < -0.4 is 10.5 Å². The lowest BCUT2D eigenvalue weighted by Gasteiger charge is -2.30. The predicted octanol–water partition coefficient (Wildman–Crippen LogP) is 3.96. The van der Waals surface area contributed by atoms with Gasteiger partial charge < -0.3 is 15.6 Å². The van der Waals surface area contributed by atoms with Crippen molar-refractivity contribution in [1.82, 2.24) is 0 Å². The molecule has 3 N–H and O–H groups in total. The molecule has 6 nitrogen and oxygen atoms in total. The lowest BCUT2D eigenvalue weighted by molar-refractivity contribution is -0.139. The Morgan fingerprint density at radius 2 is 1.61 bits per heavy atom. The first kappa shape index (κ1) is 22.3. The van der Waals surface area contributed by atoms with Crippen molar-refractivity contribution in [2.45, 2.75) is 31.2 Å². The number of carboxylic acid groups (broad SMARTS) is 1. The van der Waals surface area contributed by atoms with Gasteiger partial charge in [0.05, 0.1) is 5.71 Å². The molecule has 0 heterocycles. The number of hydrogen-bond acceptors (Lipinski definition) is 4. The van der Waals surface area contributed by atoms with E-state index in [2.05, 4.69) is 0 Å². The van der Waals surface area contributed by atoms with Crippen molar-refractivity contribution in [3.63, 3.8) is 0 Å². The van der Waals surface area contributed by atoms with Crippen LogP contribution in [0.25, 0.3) is 0 Å². The molecule has 1 amide bonds. The molecular formula is C27H26N2O4. The first-order valence-corrected chi connectivity index (χ1v) is 11.0. The summed E-state index contributed by atoms with van der Waals surface area (Å²) in [6.07, 6.45) is 2.33. The Kier molecular flexibility index (Phi) is 6.83. The molecule has 0 fully saturated rings. The van der Waals surface area contributed by atoms with E-state index < -0.39 is 24.5 Å². The highest BCUT2D eigenvalue weighted by Gasteiger charge is 2.33. The molecule has 33 heavy (non-hydrogen) atoms. The van der Waals surface area contributed by atoms with Crippen molar-refractivity contribution in [2.75, 3.05) is 6.61 Å². The molecular weight excluding hydrogens is 416 g/mol. The van der Waals surface area contributed by atoms with Crippen LogP contribution in [0.2, 0.25) is 0 Å². The molecule has 3 aromatic rings. The molecule has 1 aliphatic carbocycles. The zero-order valence-corrected chi connectivity index (χ0v) is 18.2. The maximum Gasteiger partial charge on any atom is 0.341 e. The molecule has 2 atom stereocenters. The minimum atomic E-state index is -1.03. The van der Waals surface area contributed by atoms with E-state index >= 15 is 0 Å². The quantitative estimate of drug-likeness (QED) is 0.516. The van der Waals surface area contributed by atoms with E-state index in [0.29, 0.717) is 11.5 Å². The van der Waals surface area contributed by atoms with Crippen LogP contribution >= 0.6 is 0 Å². The van der Waals surface area contributed by atoms with Gasteiger partial charge in [-0.3, -0.25) is 9.79 Å². The highest BCUT2D eigenvalue weighted by molar-refractivity contribution is 6.13. The van der Waals surface area contributed by atoms with E-state index in [1.807, 2.05) is 72.8 Å². The van der Waals surface area contributed by atoms with Crippen LogP contribution in [0.3, 0.4) is 0 Å². The first-order chi connectivity index (χ1) is 16.0. The molecule has 0 spiro atoms. The van der Waals surface area contributed by atoms with Gasteiger partial charge in [-0.2, -0.15) is 0 Å². The van der Waals surface area contributed by atoms with Gasteiger partial charge in [-0.15, -0.1) is 0 Å². The van der Waals surface area contributed by atoms with Crippen LogP contribution in [-0.4, -0.2) is 35.3 Å². The summed E-state index contributed by atoms with van der Waals surface area (Å²) >= 11 is 0.